The minimum Gasteiger partial charge on any atom is -0.493 e. The quantitative estimate of drug-likeness (QED) is 0.538. The fraction of sp³-hybridized carbons (Fsp3) is 0.519. The van der Waals surface area contributed by atoms with Gasteiger partial charge in [0.15, 0.2) is 11.5 Å². The number of nitrogens with one attached hydrogen (secondary N) is 1. The van der Waals surface area contributed by atoms with Crippen molar-refractivity contribution in [3.8, 4) is 17.2 Å². The van der Waals surface area contributed by atoms with Crippen molar-refractivity contribution in [2.45, 2.75) is 38.3 Å². The molecule has 1 amide bonds. The molecule has 4 rings (SSSR count). The number of rotatable bonds is 10. The molecule has 7 nitrogen and oxygen atoms in total. The third kappa shape index (κ3) is 5.00. The summed E-state index contributed by atoms with van der Waals surface area (Å²) in [6, 6.07) is 13.7. The Morgan fingerprint density at radius 2 is 2.00 bits per heavy atom. The van der Waals surface area contributed by atoms with Gasteiger partial charge < -0.3 is 29.2 Å². The third-order valence-electron chi connectivity index (χ3n) is 6.80. The number of carbonyl (C=O) groups is 1. The van der Waals surface area contributed by atoms with Gasteiger partial charge >= 0.3 is 0 Å². The Balaban J connectivity index is 1.51. The van der Waals surface area contributed by atoms with Crippen LogP contribution >= 0.6 is 0 Å². The number of fused-ring (bicyclic) bond motifs is 1. The fourth-order valence-electron chi connectivity index (χ4n) is 4.91. The van der Waals surface area contributed by atoms with Crippen LogP contribution in [0.5, 0.6) is 17.2 Å². The standard InChI is InChI=1S/C27H36N2O5/c1-19(2)29(17-22-16-28-18-27(22)15-21-8-5-6-9-23(21)34-27)26(30)20-10-11-24(32-4)25(14-20)33-13-7-12-31-3/h5-6,8-11,14,19,22,28H,7,12-13,15-18H2,1-4H3/t22-,27-/m0/s1. The number of hydrogen-bond donors (Lipinski definition) is 1. The van der Waals surface area contributed by atoms with Crippen LogP contribution in [0.3, 0.4) is 0 Å². The maximum Gasteiger partial charge on any atom is 0.254 e. The molecule has 1 N–H and O–H groups in total. The van der Waals surface area contributed by atoms with E-state index in [1.165, 1.54) is 5.56 Å². The highest BCUT2D eigenvalue weighted by Gasteiger charge is 2.50. The van der Waals surface area contributed by atoms with E-state index in [-0.39, 0.29) is 23.5 Å². The van der Waals surface area contributed by atoms with Gasteiger partial charge in [0.1, 0.15) is 11.4 Å². The normalized spacial score (nSPS) is 20.9. The second-order valence-corrected chi connectivity index (χ2v) is 9.39. The molecule has 0 radical (unpaired) electrons. The predicted molar refractivity (Wildman–Crippen MR) is 131 cm³/mol. The summed E-state index contributed by atoms with van der Waals surface area (Å²) in [6.07, 6.45) is 1.62. The fourth-order valence-corrected chi connectivity index (χ4v) is 4.91. The molecular weight excluding hydrogens is 432 g/mol. The van der Waals surface area contributed by atoms with Gasteiger partial charge in [0, 0.05) is 63.7 Å². The van der Waals surface area contributed by atoms with Gasteiger partial charge in [-0.05, 0) is 43.7 Å². The second kappa shape index (κ2) is 10.7. The Morgan fingerprint density at radius 1 is 1.18 bits per heavy atom. The molecule has 0 unspecified atom stereocenters. The molecule has 2 aromatic rings. The molecule has 2 atom stereocenters. The smallest absolute Gasteiger partial charge is 0.254 e. The molecule has 1 fully saturated rings. The average molecular weight is 469 g/mol. The lowest BCUT2D eigenvalue weighted by atomic mass is 9.86. The van der Waals surface area contributed by atoms with Gasteiger partial charge in [-0.15, -0.1) is 0 Å². The number of hydrogen-bond acceptors (Lipinski definition) is 6. The number of nitrogens with zero attached hydrogens (tertiary/aromatic N) is 1. The summed E-state index contributed by atoms with van der Waals surface area (Å²) >= 11 is 0. The van der Waals surface area contributed by atoms with E-state index in [0.717, 1.165) is 31.7 Å². The van der Waals surface area contributed by atoms with Crippen LogP contribution in [0.1, 0.15) is 36.2 Å². The SMILES string of the molecule is COCCCOc1cc(C(=O)N(C[C@@H]2CNC[C@@]23Cc2ccccc2O3)C(C)C)ccc1OC. The van der Waals surface area contributed by atoms with E-state index in [1.807, 2.05) is 23.1 Å². The maximum atomic E-state index is 13.7. The van der Waals surface area contributed by atoms with E-state index in [1.54, 1.807) is 26.4 Å². The van der Waals surface area contributed by atoms with Crippen LogP contribution in [0.15, 0.2) is 42.5 Å². The van der Waals surface area contributed by atoms with Crippen molar-refractivity contribution in [1.82, 2.24) is 10.2 Å². The van der Waals surface area contributed by atoms with Crippen molar-refractivity contribution < 1.29 is 23.7 Å². The number of amides is 1. The van der Waals surface area contributed by atoms with Crippen LogP contribution < -0.4 is 19.5 Å². The van der Waals surface area contributed by atoms with Gasteiger partial charge in [-0.1, -0.05) is 18.2 Å². The Hall–Kier alpha value is -2.77. The minimum atomic E-state index is -0.313. The van der Waals surface area contributed by atoms with Crippen molar-refractivity contribution in [3.63, 3.8) is 0 Å². The Kier molecular flexibility index (Phi) is 7.63. The Bertz CT molecular complexity index is 968. The first-order chi connectivity index (χ1) is 16.5. The second-order valence-electron chi connectivity index (χ2n) is 9.39. The van der Waals surface area contributed by atoms with E-state index in [0.29, 0.717) is 36.8 Å². The van der Waals surface area contributed by atoms with E-state index in [4.69, 9.17) is 18.9 Å². The van der Waals surface area contributed by atoms with Crippen molar-refractivity contribution in [2.24, 2.45) is 5.92 Å². The van der Waals surface area contributed by atoms with E-state index in [2.05, 4.69) is 31.3 Å². The molecule has 0 saturated carbocycles. The lowest BCUT2D eigenvalue weighted by Gasteiger charge is -2.36. The van der Waals surface area contributed by atoms with Gasteiger partial charge in [-0.25, -0.2) is 0 Å². The molecule has 0 bridgehead atoms. The molecule has 2 aromatic carbocycles. The first-order valence-electron chi connectivity index (χ1n) is 12.1. The van der Waals surface area contributed by atoms with E-state index < -0.39 is 0 Å². The summed E-state index contributed by atoms with van der Waals surface area (Å²) in [5, 5.41) is 3.51. The summed E-state index contributed by atoms with van der Waals surface area (Å²) in [4.78, 5) is 15.6. The highest BCUT2D eigenvalue weighted by atomic mass is 16.5. The van der Waals surface area contributed by atoms with Crippen LogP contribution in [0.2, 0.25) is 0 Å². The van der Waals surface area contributed by atoms with Crippen molar-refractivity contribution in [1.29, 1.82) is 0 Å². The Labute approximate surface area is 202 Å². The summed E-state index contributed by atoms with van der Waals surface area (Å²) in [7, 11) is 3.27. The average Bonchev–Trinajstić information content (AvgIpc) is 3.41. The number of benzene rings is 2. The van der Waals surface area contributed by atoms with Gasteiger partial charge in [-0.2, -0.15) is 0 Å². The summed E-state index contributed by atoms with van der Waals surface area (Å²) in [5.74, 6) is 2.32. The van der Waals surface area contributed by atoms with Crippen LogP contribution in [0, 0.1) is 5.92 Å². The number of para-hydroxylation sites is 1. The molecule has 2 heterocycles. The van der Waals surface area contributed by atoms with Crippen molar-refractivity contribution in [3.05, 3.63) is 53.6 Å². The molecular formula is C27H36N2O5. The highest BCUT2D eigenvalue weighted by molar-refractivity contribution is 5.95. The highest BCUT2D eigenvalue weighted by Crippen LogP contribution is 2.41. The molecule has 184 valence electrons. The molecule has 1 spiro atoms. The molecule has 1 saturated heterocycles. The largest absolute Gasteiger partial charge is 0.493 e. The summed E-state index contributed by atoms with van der Waals surface area (Å²) in [5.41, 5.74) is 1.52. The monoisotopic (exact) mass is 468 g/mol. The molecule has 0 aliphatic carbocycles. The molecule has 2 aliphatic heterocycles. The molecule has 34 heavy (non-hydrogen) atoms. The number of ether oxygens (including phenoxy) is 4. The molecule has 7 heteroatoms. The van der Waals surface area contributed by atoms with Gasteiger partial charge in [0.2, 0.25) is 0 Å². The first-order valence-corrected chi connectivity index (χ1v) is 12.1. The lowest BCUT2D eigenvalue weighted by molar-refractivity contribution is 0.0362. The number of carbonyl (C=O) groups excluding carboxylic acids is 1. The van der Waals surface area contributed by atoms with Crippen LogP contribution in [0.25, 0.3) is 0 Å². The molecule has 2 aliphatic rings. The van der Waals surface area contributed by atoms with E-state index >= 15 is 0 Å². The maximum absolute atomic E-state index is 13.7. The predicted octanol–water partition coefficient (Wildman–Crippen LogP) is 3.55. The number of methoxy groups -OCH3 is 2. The zero-order valence-corrected chi connectivity index (χ0v) is 20.6. The van der Waals surface area contributed by atoms with Gasteiger partial charge in [0.25, 0.3) is 5.91 Å². The lowest BCUT2D eigenvalue weighted by Crippen LogP contribution is -2.50. The van der Waals surface area contributed by atoms with Gasteiger partial charge in [0.05, 0.1) is 13.7 Å². The zero-order chi connectivity index (χ0) is 24.1. The van der Waals surface area contributed by atoms with Crippen LogP contribution in [-0.2, 0) is 11.2 Å². The minimum absolute atomic E-state index is 0.0167. The summed E-state index contributed by atoms with van der Waals surface area (Å²) in [6.45, 7) is 7.45. The first kappa shape index (κ1) is 24.4. The van der Waals surface area contributed by atoms with Crippen LogP contribution in [0.4, 0.5) is 0 Å². The zero-order valence-electron chi connectivity index (χ0n) is 20.6. The Morgan fingerprint density at radius 3 is 2.74 bits per heavy atom. The topological polar surface area (TPSA) is 69.3 Å². The van der Waals surface area contributed by atoms with E-state index in [9.17, 15) is 4.79 Å². The third-order valence-corrected chi connectivity index (χ3v) is 6.80. The van der Waals surface area contributed by atoms with Crippen LogP contribution in [-0.4, -0.2) is 69.5 Å². The molecule has 0 aromatic heterocycles. The van der Waals surface area contributed by atoms with Crippen molar-refractivity contribution >= 4 is 5.91 Å². The van der Waals surface area contributed by atoms with Crippen molar-refractivity contribution in [2.75, 3.05) is 47.1 Å². The summed E-state index contributed by atoms with van der Waals surface area (Å²) < 4.78 is 22.9. The van der Waals surface area contributed by atoms with Gasteiger partial charge in [-0.3, -0.25) is 4.79 Å².